The summed E-state index contributed by atoms with van der Waals surface area (Å²) in [6, 6.07) is 15.0. The zero-order valence-electron chi connectivity index (χ0n) is 16.3. The van der Waals surface area contributed by atoms with Gasteiger partial charge >= 0.3 is 0 Å². The van der Waals surface area contributed by atoms with Gasteiger partial charge in [0, 0.05) is 14.7 Å². The molecular weight excluding hydrogens is 489 g/mol. The predicted molar refractivity (Wildman–Crippen MR) is 121 cm³/mol. The molecular formula is C20H24IN3O3S. The second kappa shape index (κ2) is 9.04. The van der Waals surface area contributed by atoms with Crippen LogP contribution >= 0.6 is 22.6 Å². The zero-order chi connectivity index (χ0) is 20.9. The van der Waals surface area contributed by atoms with Gasteiger partial charge in [-0.3, -0.25) is 9.10 Å². The van der Waals surface area contributed by atoms with Crippen molar-refractivity contribution in [3.63, 3.8) is 0 Å². The molecule has 150 valence electrons. The fourth-order valence-electron chi connectivity index (χ4n) is 2.12. The molecule has 1 amide bonds. The lowest BCUT2D eigenvalue weighted by atomic mass is 9.91. The summed E-state index contributed by atoms with van der Waals surface area (Å²) in [7, 11) is -3.91. The highest BCUT2D eigenvalue weighted by molar-refractivity contribution is 14.1. The Balaban J connectivity index is 2.35. The van der Waals surface area contributed by atoms with E-state index in [0.717, 1.165) is 13.6 Å². The molecule has 8 heteroatoms. The summed E-state index contributed by atoms with van der Waals surface area (Å²) in [5, 5.41) is 4.11. The maximum Gasteiger partial charge on any atom is 0.264 e. The monoisotopic (exact) mass is 513 g/mol. The number of hydrogen-bond acceptors (Lipinski definition) is 4. The lowest BCUT2D eigenvalue weighted by Gasteiger charge is -2.24. The van der Waals surface area contributed by atoms with E-state index in [-0.39, 0.29) is 16.9 Å². The van der Waals surface area contributed by atoms with E-state index < -0.39 is 15.9 Å². The SMILES string of the molecule is C/C(=N/NC(=O)CN(c1ccc(I)cc1)S(=O)(=O)c1ccccc1)C(C)(C)C. The number of amides is 1. The van der Waals surface area contributed by atoms with Crippen LogP contribution in [0.15, 0.2) is 64.6 Å². The minimum atomic E-state index is -3.91. The fourth-order valence-corrected chi connectivity index (χ4v) is 3.92. The number of sulfonamides is 1. The Kier molecular flexibility index (Phi) is 7.22. The van der Waals surface area contributed by atoms with Gasteiger partial charge in [0.15, 0.2) is 0 Å². The van der Waals surface area contributed by atoms with Gasteiger partial charge in [0.05, 0.1) is 10.6 Å². The molecule has 28 heavy (non-hydrogen) atoms. The van der Waals surface area contributed by atoms with Crippen molar-refractivity contribution >= 4 is 49.9 Å². The first kappa shape index (κ1) is 22.4. The normalized spacial score (nSPS) is 12.5. The van der Waals surface area contributed by atoms with Crippen molar-refractivity contribution in [2.75, 3.05) is 10.8 Å². The van der Waals surface area contributed by atoms with Crippen molar-refractivity contribution in [1.29, 1.82) is 0 Å². The van der Waals surface area contributed by atoms with Crippen molar-refractivity contribution in [3.8, 4) is 0 Å². The van der Waals surface area contributed by atoms with Crippen LogP contribution in [0.5, 0.6) is 0 Å². The number of hydrogen-bond donors (Lipinski definition) is 1. The lowest BCUT2D eigenvalue weighted by molar-refractivity contribution is -0.119. The van der Waals surface area contributed by atoms with Crippen LogP contribution in [0, 0.1) is 8.99 Å². The third-order valence-corrected chi connectivity index (χ3v) is 6.67. The minimum Gasteiger partial charge on any atom is -0.271 e. The second-order valence-corrected chi connectivity index (χ2v) is 10.4. The summed E-state index contributed by atoms with van der Waals surface area (Å²) in [6.07, 6.45) is 0. The van der Waals surface area contributed by atoms with E-state index in [0.29, 0.717) is 5.69 Å². The maximum atomic E-state index is 13.2. The van der Waals surface area contributed by atoms with Gasteiger partial charge in [-0.25, -0.2) is 13.8 Å². The van der Waals surface area contributed by atoms with Crippen molar-refractivity contribution in [2.45, 2.75) is 32.6 Å². The first-order valence-corrected chi connectivity index (χ1v) is 11.2. The maximum absolute atomic E-state index is 13.2. The van der Waals surface area contributed by atoms with E-state index in [9.17, 15) is 13.2 Å². The molecule has 0 saturated heterocycles. The molecule has 2 rings (SSSR count). The van der Waals surface area contributed by atoms with Gasteiger partial charge in [-0.05, 0) is 65.9 Å². The summed E-state index contributed by atoms with van der Waals surface area (Å²) >= 11 is 2.14. The molecule has 2 aromatic rings. The zero-order valence-corrected chi connectivity index (χ0v) is 19.3. The molecule has 0 heterocycles. The molecule has 0 spiro atoms. The molecule has 6 nitrogen and oxygen atoms in total. The highest BCUT2D eigenvalue weighted by atomic mass is 127. The average Bonchev–Trinajstić information content (AvgIpc) is 2.65. The molecule has 0 aliphatic carbocycles. The molecule has 0 aliphatic heterocycles. The summed E-state index contributed by atoms with van der Waals surface area (Å²) < 4.78 is 28.4. The largest absolute Gasteiger partial charge is 0.271 e. The van der Waals surface area contributed by atoms with Crippen LogP contribution in [0.1, 0.15) is 27.7 Å². The average molecular weight is 513 g/mol. The lowest BCUT2D eigenvalue weighted by Crippen LogP contribution is -2.40. The standard InChI is InChI=1S/C20H24IN3O3S/c1-15(20(2,3)4)22-23-19(25)14-24(17-12-10-16(21)11-13-17)28(26,27)18-8-6-5-7-9-18/h5-13H,14H2,1-4H3,(H,23,25)/b22-15-. The van der Waals surface area contributed by atoms with Gasteiger partial charge in [0.2, 0.25) is 0 Å². The van der Waals surface area contributed by atoms with Gasteiger partial charge in [0.25, 0.3) is 15.9 Å². The molecule has 0 fully saturated rings. The van der Waals surface area contributed by atoms with Crippen LogP contribution in [0.25, 0.3) is 0 Å². The molecule has 0 aliphatic rings. The molecule has 0 saturated carbocycles. The number of benzene rings is 2. The van der Waals surface area contributed by atoms with Gasteiger partial charge in [-0.2, -0.15) is 5.10 Å². The number of hydrazone groups is 1. The molecule has 0 aromatic heterocycles. The van der Waals surface area contributed by atoms with Crippen LogP contribution in [-0.2, 0) is 14.8 Å². The van der Waals surface area contributed by atoms with E-state index >= 15 is 0 Å². The van der Waals surface area contributed by atoms with Crippen molar-refractivity contribution in [3.05, 3.63) is 58.2 Å². The summed E-state index contributed by atoms with van der Waals surface area (Å²) in [5.74, 6) is -0.512. The Morgan fingerprint density at radius 3 is 2.18 bits per heavy atom. The first-order valence-electron chi connectivity index (χ1n) is 8.69. The number of nitrogens with zero attached hydrogens (tertiary/aromatic N) is 2. The van der Waals surface area contributed by atoms with Crippen LogP contribution in [0.4, 0.5) is 5.69 Å². The minimum absolute atomic E-state index is 0.121. The van der Waals surface area contributed by atoms with E-state index in [1.807, 2.05) is 27.7 Å². The van der Waals surface area contributed by atoms with Gasteiger partial charge in [0.1, 0.15) is 6.54 Å². The Hall–Kier alpha value is -1.94. The molecule has 0 unspecified atom stereocenters. The van der Waals surface area contributed by atoms with Crippen LogP contribution in [0.2, 0.25) is 0 Å². The van der Waals surface area contributed by atoms with Gasteiger partial charge < -0.3 is 0 Å². The highest BCUT2D eigenvalue weighted by Gasteiger charge is 2.27. The number of anilines is 1. The first-order chi connectivity index (χ1) is 13.0. The third kappa shape index (κ3) is 5.78. The number of carbonyl (C=O) groups excluding carboxylic acids is 1. The Labute approximate surface area is 180 Å². The van der Waals surface area contributed by atoms with Crippen LogP contribution in [0.3, 0.4) is 0 Å². The van der Waals surface area contributed by atoms with Crippen molar-refractivity contribution < 1.29 is 13.2 Å². The topological polar surface area (TPSA) is 78.8 Å². The molecule has 0 bridgehead atoms. The summed E-state index contributed by atoms with van der Waals surface area (Å²) in [5.41, 5.74) is 3.43. The number of nitrogens with one attached hydrogen (secondary N) is 1. The Morgan fingerprint density at radius 1 is 1.07 bits per heavy atom. The highest BCUT2D eigenvalue weighted by Crippen LogP contribution is 2.24. The number of rotatable bonds is 6. The van der Waals surface area contributed by atoms with Gasteiger partial charge in [-0.15, -0.1) is 0 Å². The molecule has 1 N–H and O–H groups in total. The van der Waals surface area contributed by atoms with E-state index in [2.05, 4.69) is 33.1 Å². The smallest absolute Gasteiger partial charge is 0.264 e. The fraction of sp³-hybridized carbons (Fsp3) is 0.300. The van der Waals surface area contributed by atoms with Crippen molar-refractivity contribution in [1.82, 2.24) is 5.43 Å². The molecule has 2 aromatic carbocycles. The molecule has 0 atom stereocenters. The van der Waals surface area contributed by atoms with Crippen LogP contribution in [-0.4, -0.2) is 26.6 Å². The van der Waals surface area contributed by atoms with Gasteiger partial charge in [-0.1, -0.05) is 39.0 Å². The third-order valence-electron chi connectivity index (χ3n) is 4.17. The van der Waals surface area contributed by atoms with Crippen molar-refractivity contribution in [2.24, 2.45) is 10.5 Å². The number of halogens is 1. The van der Waals surface area contributed by atoms with E-state index in [1.165, 1.54) is 12.1 Å². The predicted octanol–water partition coefficient (Wildman–Crippen LogP) is 4.02. The quantitative estimate of drug-likeness (QED) is 0.360. The van der Waals surface area contributed by atoms with E-state index in [1.54, 1.807) is 42.5 Å². The summed E-state index contributed by atoms with van der Waals surface area (Å²) in [4.78, 5) is 12.6. The number of carbonyl (C=O) groups is 1. The Morgan fingerprint density at radius 2 is 1.64 bits per heavy atom. The summed E-state index contributed by atoms with van der Waals surface area (Å²) in [6.45, 7) is 7.39. The van der Waals surface area contributed by atoms with Crippen LogP contribution < -0.4 is 9.73 Å². The molecule has 0 radical (unpaired) electrons. The Bertz CT molecular complexity index is 950. The van der Waals surface area contributed by atoms with E-state index in [4.69, 9.17) is 0 Å². The second-order valence-electron chi connectivity index (χ2n) is 7.28.